The molecule has 0 aliphatic carbocycles. The van der Waals surface area contributed by atoms with Crippen molar-refractivity contribution in [2.45, 2.75) is 0 Å². The maximum Gasteiger partial charge on any atom is 0.137 e. The normalized spacial score (nSPS) is 11.9. The van der Waals surface area contributed by atoms with Crippen molar-refractivity contribution >= 4 is 93.4 Å². The Morgan fingerprint density at radius 2 is 0.754 bits per heavy atom. The molecule has 0 atom stereocenters. The van der Waals surface area contributed by atoms with Crippen LogP contribution in [-0.4, -0.2) is 4.98 Å². The number of rotatable bonds is 5. The third kappa shape index (κ3) is 5.26. The van der Waals surface area contributed by atoms with Gasteiger partial charge in [-0.1, -0.05) is 109 Å². The van der Waals surface area contributed by atoms with E-state index in [1.807, 2.05) is 12.1 Å². The van der Waals surface area contributed by atoms with Crippen molar-refractivity contribution in [2.24, 2.45) is 0 Å². The molecule has 0 bridgehead atoms. The first-order valence-electron chi connectivity index (χ1n) is 19.3. The van der Waals surface area contributed by atoms with E-state index in [9.17, 15) is 0 Å². The third-order valence-corrected chi connectivity index (χ3v) is 11.4. The van der Waals surface area contributed by atoms with Gasteiger partial charge in [0.2, 0.25) is 0 Å². The molecule has 0 unspecified atom stereocenters. The molecule has 0 N–H and O–H groups in total. The number of fused-ring (bicyclic) bond motifs is 9. The zero-order chi connectivity index (χ0) is 37.5. The highest BCUT2D eigenvalue weighted by Gasteiger charge is 2.19. The number of aromatic nitrogens is 1. The number of benzene rings is 9. The van der Waals surface area contributed by atoms with Gasteiger partial charge >= 0.3 is 0 Å². The average molecular weight is 729 g/mol. The SMILES string of the molecule is c1ccc2cc3c(cc2c1)oc1cc(N(c2ccc(-c4ccc(-c5ccc6ccccc6n5)cc4)cc2)c2ccc4c(c2)oc2cc5ccccc5cc24)ccc13. The number of para-hydroxylation sites is 1. The Balaban J connectivity index is 0.957. The van der Waals surface area contributed by atoms with E-state index in [2.05, 4.69) is 187 Å². The summed E-state index contributed by atoms with van der Waals surface area (Å²) in [6.07, 6.45) is 0. The van der Waals surface area contributed by atoms with Gasteiger partial charge in [0.25, 0.3) is 0 Å². The monoisotopic (exact) mass is 728 g/mol. The van der Waals surface area contributed by atoms with Crippen molar-refractivity contribution in [1.82, 2.24) is 4.98 Å². The molecule has 0 aliphatic heterocycles. The van der Waals surface area contributed by atoms with E-state index >= 15 is 0 Å². The van der Waals surface area contributed by atoms with E-state index in [1.165, 1.54) is 10.8 Å². The molecule has 4 nitrogen and oxygen atoms in total. The van der Waals surface area contributed by atoms with Crippen LogP contribution in [0.5, 0.6) is 0 Å². The smallest absolute Gasteiger partial charge is 0.137 e. The molecule has 0 saturated carbocycles. The lowest BCUT2D eigenvalue weighted by atomic mass is 10.0. The topological polar surface area (TPSA) is 42.4 Å². The minimum Gasteiger partial charge on any atom is -0.456 e. The fourth-order valence-electron chi connectivity index (χ4n) is 8.49. The first-order valence-corrected chi connectivity index (χ1v) is 19.3. The van der Waals surface area contributed by atoms with Gasteiger partial charge in [0.1, 0.15) is 22.3 Å². The zero-order valence-electron chi connectivity index (χ0n) is 30.7. The molecule has 0 aliphatic rings. The molecule has 12 aromatic rings. The minimum atomic E-state index is 0.844. The van der Waals surface area contributed by atoms with Crippen LogP contribution in [0.1, 0.15) is 0 Å². The third-order valence-electron chi connectivity index (χ3n) is 11.4. The summed E-state index contributed by atoms with van der Waals surface area (Å²) in [6, 6.07) is 68.6. The second kappa shape index (κ2) is 12.4. The van der Waals surface area contributed by atoms with Crippen molar-refractivity contribution in [1.29, 1.82) is 0 Å². The largest absolute Gasteiger partial charge is 0.456 e. The highest BCUT2D eigenvalue weighted by molar-refractivity contribution is 6.12. The van der Waals surface area contributed by atoms with Crippen LogP contribution in [0.15, 0.2) is 203 Å². The Bertz CT molecular complexity index is 3370. The van der Waals surface area contributed by atoms with Gasteiger partial charge in [0.05, 0.1) is 11.2 Å². The van der Waals surface area contributed by atoms with Crippen LogP contribution >= 0.6 is 0 Å². The quantitative estimate of drug-likeness (QED) is 0.177. The predicted octanol–water partition coefficient (Wildman–Crippen LogP) is 15.1. The molecule has 4 heteroatoms. The summed E-state index contributed by atoms with van der Waals surface area (Å²) >= 11 is 0. The van der Waals surface area contributed by atoms with E-state index in [0.717, 1.165) is 105 Å². The molecular formula is C53H32N2O2. The molecule has 3 aromatic heterocycles. The number of pyridine rings is 1. The van der Waals surface area contributed by atoms with Crippen molar-refractivity contribution in [3.8, 4) is 22.4 Å². The second-order valence-corrected chi connectivity index (χ2v) is 14.8. The van der Waals surface area contributed by atoms with Gasteiger partial charge in [-0.3, -0.25) is 0 Å². The summed E-state index contributed by atoms with van der Waals surface area (Å²) in [5.41, 5.74) is 11.8. The van der Waals surface area contributed by atoms with Crippen LogP contribution in [0.3, 0.4) is 0 Å². The second-order valence-electron chi connectivity index (χ2n) is 14.8. The maximum absolute atomic E-state index is 6.56. The highest BCUT2D eigenvalue weighted by Crippen LogP contribution is 2.42. The molecule has 9 aromatic carbocycles. The van der Waals surface area contributed by atoms with Crippen LogP contribution in [-0.2, 0) is 0 Å². The molecular weight excluding hydrogens is 697 g/mol. The van der Waals surface area contributed by atoms with Crippen LogP contribution in [0.25, 0.3) is 98.7 Å². The van der Waals surface area contributed by atoms with Gasteiger partial charge in [-0.15, -0.1) is 0 Å². The molecule has 0 fully saturated rings. The molecule has 0 spiro atoms. The van der Waals surface area contributed by atoms with Gasteiger partial charge in [-0.2, -0.15) is 0 Å². The lowest BCUT2D eigenvalue weighted by Gasteiger charge is -2.25. The molecule has 3 heterocycles. The summed E-state index contributed by atoms with van der Waals surface area (Å²) in [5.74, 6) is 0. The zero-order valence-corrected chi connectivity index (χ0v) is 30.7. The lowest BCUT2D eigenvalue weighted by molar-refractivity contribution is 0.669. The van der Waals surface area contributed by atoms with E-state index in [0.29, 0.717) is 0 Å². The molecule has 266 valence electrons. The Kier molecular flexibility index (Phi) is 6.89. The fraction of sp³-hybridized carbons (Fsp3) is 0. The molecule has 12 rings (SSSR count). The van der Waals surface area contributed by atoms with Crippen molar-refractivity contribution in [3.63, 3.8) is 0 Å². The summed E-state index contributed by atoms with van der Waals surface area (Å²) < 4.78 is 13.1. The molecule has 0 saturated heterocycles. The van der Waals surface area contributed by atoms with Gasteiger partial charge in [-0.25, -0.2) is 4.98 Å². The van der Waals surface area contributed by atoms with Crippen LogP contribution in [0.4, 0.5) is 17.1 Å². The Hall–Kier alpha value is -7.69. The van der Waals surface area contributed by atoms with Crippen LogP contribution in [0, 0.1) is 0 Å². The predicted molar refractivity (Wildman–Crippen MR) is 237 cm³/mol. The minimum absolute atomic E-state index is 0.844. The molecule has 57 heavy (non-hydrogen) atoms. The van der Waals surface area contributed by atoms with E-state index < -0.39 is 0 Å². The van der Waals surface area contributed by atoms with Gasteiger partial charge in [-0.05, 0) is 105 Å². The van der Waals surface area contributed by atoms with Crippen molar-refractivity contribution in [2.75, 3.05) is 4.90 Å². The Morgan fingerprint density at radius 1 is 0.316 bits per heavy atom. The highest BCUT2D eigenvalue weighted by atomic mass is 16.3. The van der Waals surface area contributed by atoms with Gasteiger partial charge < -0.3 is 13.7 Å². The number of anilines is 3. The van der Waals surface area contributed by atoms with Gasteiger partial charge in [0.15, 0.2) is 0 Å². The number of hydrogen-bond donors (Lipinski definition) is 0. The van der Waals surface area contributed by atoms with E-state index in [4.69, 9.17) is 13.8 Å². The summed E-state index contributed by atoms with van der Waals surface area (Å²) in [6.45, 7) is 0. The van der Waals surface area contributed by atoms with Crippen LogP contribution in [0.2, 0.25) is 0 Å². The average Bonchev–Trinajstić information content (AvgIpc) is 3.81. The van der Waals surface area contributed by atoms with E-state index in [-0.39, 0.29) is 0 Å². The molecule has 0 radical (unpaired) electrons. The first kappa shape index (κ1) is 31.6. The maximum atomic E-state index is 6.56. The van der Waals surface area contributed by atoms with Gasteiger partial charge in [0, 0.05) is 61.7 Å². The molecule has 0 amide bonds. The lowest BCUT2D eigenvalue weighted by Crippen LogP contribution is -2.09. The Morgan fingerprint density at radius 3 is 1.32 bits per heavy atom. The van der Waals surface area contributed by atoms with Crippen molar-refractivity contribution in [3.05, 3.63) is 194 Å². The first-order chi connectivity index (χ1) is 28.2. The van der Waals surface area contributed by atoms with Crippen molar-refractivity contribution < 1.29 is 8.83 Å². The number of hydrogen-bond acceptors (Lipinski definition) is 4. The number of furan rings is 2. The summed E-state index contributed by atoms with van der Waals surface area (Å²) in [4.78, 5) is 7.19. The van der Waals surface area contributed by atoms with E-state index in [1.54, 1.807) is 0 Å². The standard InChI is InChI=1S/C53H32N2O2/c1-3-10-39-29-50-46(27-37(39)8-1)44-24-22-42(31-52(44)56-50)55(43-23-25-45-47-28-38-9-2-4-11-40(38)30-51(47)57-53(45)32-43)41-20-17-34(18-21-41)33-13-15-36(16-14-33)49-26-19-35-7-5-6-12-48(35)54-49/h1-32H. The Labute approximate surface area is 327 Å². The summed E-state index contributed by atoms with van der Waals surface area (Å²) in [5, 5.41) is 10.3. The van der Waals surface area contributed by atoms with Crippen LogP contribution < -0.4 is 4.90 Å². The summed E-state index contributed by atoms with van der Waals surface area (Å²) in [7, 11) is 0. The number of nitrogens with zero attached hydrogens (tertiary/aromatic N) is 2. The fourth-order valence-corrected chi connectivity index (χ4v) is 8.49.